The second kappa shape index (κ2) is 5.99. The number of carbonyl (C=O) groups excluding carboxylic acids is 1. The molecule has 0 aliphatic heterocycles. The third kappa shape index (κ3) is 2.25. The summed E-state index contributed by atoms with van der Waals surface area (Å²) in [5, 5.41) is 30.9. The van der Waals surface area contributed by atoms with Gasteiger partial charge in [0, 0.05) is 17.3 Å². The predicted molar refractivity (Wildman–Crippen MR) is 100 cm³/mol. The summed E-state index contributed by atoms with van der Waals surface area (Å²) in [5.41, 5.74) is -2.88. The lowest BCUT2D eigenvalue weighted by atomic mass is 9.45. The first-order chi connectivity index (χ1) is 13.0. The molecule has 0 bridgehead atoms. The van der Waals surface area contributed by atoms with Crippen LogP contribution in [0.25, 0.3) is 0 Å². The fraction of sp³-hybridized carbons (Fsp3) is 0.727. The van der Waals surface area contributed by atoms with Gasteiger partial charge in [0.15, 0.2) is 17.6 Å². The fourth-order valence-corrected chi connectivity index (χ4v) is 7.44. The molecule has 0 heterocycles. The summed E-state index contributed by atoms with van der Waals surface area (Å²) in [5.74, 6) is -2.59. The van der Waals surface area contributed by atoms with Gasteiger partial charge in [-0.2, -0.15) is 0 Å². The molecule has 3 N–H and O–H groups in total. The number of aliphatic carboxylic acids is 1. The number of aliphatic hydroxyl groups is 2. The number of fused-ring (bicyclic) bond motifs is 5. The number of carboxylic acid groups (broad SMARTS) is 1. The molecule has 0 aromatic heterocycles. The smallest absolute Gasteiger partial charge is 0.332 e. The normalized spacial score (nSPS) is 51.0. The third-order valence-corrected chi connectivity index (χ3v) is 8.67. The van der Waals surface area contributed by atoms with E-state index in [2.05, 4.69) is 0 Å². The van der Waals surface area contributed by atoms with Crippen LogP contribution in [0.5, 0.6) is 0 Å². The van der Waals surface area contributed by atoms with E-state index in [1.54, 1.807) is 13.0 Å². The van der Waals surface area contributed by atoms with Crippen LogP contribution in [-0.4, -0.2) is 44.9 Å². The number of halogens is 1. The molecular formula is C22H29FO5. The summed E-state index contributed by atoms with van der Waals surface area (Å²) < 4.78 is 16.8. The molecule has 4 rings (SSSR count). The lowest BCUT2D eigenvalue weighted by Gasteiger charge is -2.62. The van der Waals surface area contributed by atoms with Gasteiger partial charge in [-0.25, -0.2) is 9.18 Å². The van der Waals surface area contributed by atoms with E-state index in [4.69, 9.17) is 0 Å². The van der Waals surface area contributed by atoms with E-state index >= 15 is 4.39 Å². The SMILES string of the molecule is C[C@H]1CC2C3CCC4=CC(=O)C=C[C@]4(C)[C@@]3(F)[C@@H](O)C[C@]2(C)[C@@H]1C(O)C(=O)O. The number of aliphatic hydroxyl groups excluding tert-OH is 2. The number of rotatable bonds is 2. The van der Waals surface area contributed by atoms with Crippen molar-refractivity contribution in [3.05, 3.63) is 23.8 Å². The first-order valence-electron chi connectivity index (χ1n) is 10.2. The molecule has 3 unspecified atom stereocenters. The summed E-state index contributed by atoms with van der Waals surface area (Å²) in [7, 11) is 0. The second-order valence-electron chi connectivity index (χ2n) is 9.87. The maximum absolute atomic E-state index is 16.8. The molecule has 154 valence electrons. The van der Waals surface area contributed by atoms with Gasteiger partial charge in [-0.15, -0.1) is 0 Å². The van der Waals surface area contributed by atoms with Crippen molar-refractivity contribution >= 4 is 11.8 Å². The van der Waals surface area contributed by atoms with Gasteiger partial charge < -0.3 is 15.3 Å². The van der Waals surface area contributed by atoms with Gasteiger partial charge in [-0.05, 0) is 62.0 Å². The van der Waals surface area contributed by atoms with Crippen molar-refractivity contribution in [1.29, 1.82) is 0 Å². The highest BCUT2D eigenvalue weighted by molar-refractivity contribution is 6.01. The molecule has 4 aliphatic carbocycles. The number of alkyl halides is 1. The minimum absolute atomic E-state index is 0.0797. The molecule has 28 heavy (non-hydrogen) atoms. The predicted octanol–water partition coefficient (Wildman–Crippen LogP) is 2.66. The van der Waals surface area contributed by atoms with Crippen LogP contribution < -0.4 is 0 Å². The van der Waals surface area contributed by atoms with Crippen LogP contribution >= 0.6 is 0 Å². The van der Waals surface area contributed by atoms with E-state index in [0.717, 1.165) is 5.57 Å². The van der Waals surface area contributed by atoms with Crippen molar-refractivity contribution in [2.45, 2.75) is 64.3 Å². The zero-order valence-corrected chi connectivity index (χ0v) is 16.6. The zero-order chi connectivity index (χ0) is 20.6. The molecule has 9 atom stereocenters. The Kier molecular flexibility index (Phi) is 4.23. The zero-order valence-electron chi connectivity index (χ0n) is 16.6. The molecule has 3 fully saturated rings. The summed E-state index contributed by atoms with van der Waals surface area (Å²) in [6, 6.07) is 0. The van der Waals surface area contributed by atoms with Gasteiger partial charge in [-0.3, -0.25) is 4.79 Å². The summed E-state index contributed by atoms with van der Waals surface area (Å²) >= 11 is 0. The standard InChI is InChI=1S/C22H29FO5/c1-11-8-15-14-5-4-12-9-13(24)6-7-21(12,3)22(14,23)16(25)10-20(15,2)17(11)18(26)19(27)28/h6-7,9,11,14-18,25-26H,4-5,8,10H2,1-3H3,(H,27,28)/t11-,14?,15?,16-,17-,18?,20-,21-,22-/m0/s1. The van der Waals surface area contributed by atoms with Crippen LogP contribution in [0.15, 0.2) is 23.8 Å². The Morgan fingerprint density at radius 3 is 2.64 bits per heavy atom. The molecule has 0 amide bonds. The molecule has 5 nitrogen and oxygen atoms in total. The van der Waals surface area contributed by atoms with Gasteiger partial charge >= 0.3 is 5.97 Å². The minimum Gasteiger partial charge on any atom is -0.479 e. The molecule has 3 saturated carbocycles. The van der Waals surface area contributed by atoms with Crippen LogP contribution in [0.1, 0.15) is 46.5 Å². The highest BCUT2D eigenvalue weighted by Crippen LogP contribution is 2.70. The number of allylic oxidation sites excluding steroid dienone is 4. The van der Waals surface area contributed by atoms with E-state index in [9.17, 15) is 24.9 Å². The topological polar surface area (TPSA) is 94.8 Å². The van der Waals surface area contributed by atoms with Gasteiger partial charge in [0.25, 0.3) is 0 Å². The highest BCUT2D eigenvalue weighted by atomic mass is 19.1. The van der Waals surface area contributed by atoms with Gasteiger partial charge in [0.05, 0.1) is 6.10 Å². The molecule has 0 aromatic rings. The van der Waals surface area contributed by atoms with Crippen molar-refractivity contribution in [2.75, 3.05) is 0 Å². The van der Waals surface area contributed by atoms with Crippen molar-refractivity contribution in [1.82, 2.24) is 0 Å². The van der Waals surface area contributed by atoms with Crippen molar-refractivity contribution in [2.24, 2.45) is 34.5 Å². The van der Waals surface area contributed by atoms with Crippen molar-refractivity contribution in [3.63, 3.8) is 0 Å². The van der Waals surface area contributed by atoms with Crippen LogP contribution in [-0.2, 0) is 9.59 Å². The van der Waals surface area contributed by atoms with E-state index in [0.29, 0.717) is 19.3 Å². The maximum atomic E-state index is 16.8. The maximum Gasteiger partial charge on any atom is 0.332 e. The quantitative estimate of drug-likeness (QED) is 0.672. The monoisotopic (exact) mass is 392 g/mol. The Morgan fingerprint density at radius 1 is 1.32 bits per heavy atom. The van der Waals surface area contributed by atoms with Crippen LogP contribution in [0.2, 0.25) is 0 Å². The molecule has 6 heteroatoms. The summed E-state index contributed by atoms with van der Waals surface area (Å²) in [6.07, 6.45) is 3.53. The molecule has 0 saturated heterocycles. The van der Waals surface area contributed by atoms with E-state index in [1.165, 1.54) is 12.2 Å². The number of ketones is 1. The summed E-state index contributed by atoms with van der Waals surface area (Å²) in [4.78, 5) is 23.3. The Hall–Kier alpha value is -1.53. The van der Waals surface area contributed by atoms with Crippen LogP contribution in [0.3, 0.4) is 0 Å². The van der Waals surface area contributed by atoms with Crippen LogP contribution in [0.4, 0.5) is 4.39 Å². The Labute approximate surface area is 164 Å². The summed E-state index contributed by atoms with van der Waals surface area (Å²) in [6.45, 7) is 5.60. The Bertz CT molecular complexity index is 790. The second-order valence-corrected chi connectivity index (χ2v) is 9.87. The Morgan fingerprint density at radius 2 is 2.00 bits per heavy atom. The lowest BCUT2D eigenvalue weighted by Crippen LogP contribution is -2.67. The van der Waals surface area contributed by atoms with E-state index in [1.807, 2.05) is 13.8 Å². The molecule has 0 radical (unpaired) electrons. The van der Waals surface area contributed by atoms with Gasteiger partial charge in [-0.1, -0.05) is 25.5 Å². The minimum atomic E-state index is -1.92. The first-order valence-corrected chi connectivity index (χ1v) is 10.2. The molecular weight excluding hydrogens is 363 g/mol. The number of carbonyl (C=O) groups is 2. The van der Waals surface area contributed by atoms with Crippen molar-refractivity contribution < 1.29 is 29.3 Å². The van der Waals surface area contributed by atoms with Crippen molar-refractivity contribution in [3.8, 4) is 0 Å². The molecule has 0 aromatic carbocycles. The van der Waals surface area contributed by atoms with E-state index < -0.39 is 46.5 Å². The Balaban J connectivity index is 1.79. The van der Waals surface area contributed by atoms with Gasteiger partial charge in [0.1, 0.15) is 0 Å². The molecule has 0 spiro atoms. The van der Waals surface area contributed by atoms with Gasteiger partial charge in [0.2, 0.25) is 0 Å². The van der Waals surface area contributed by atoms with Crippen LogP contribution in [0, 0.1) is 34.5 Å². The number of hydrogen-bond donors (Lipinski definition) is 3. The largest absolute Gasteiger partial charge is 0.479 e. The lowest BCUT2D eigenvalue weighted by molar-refractivity contribution is -0.202. The van der Waals surface area contributed by atoms with E-state index in [-0.39, 0.29) is 24.0 Å². The fourth-order valence-electron chi connectivity index (χ4n) is 7.44. The first kappa shape index (κ1) is 19.8. The highest BCUT2D eigenvalue weighted by Gasteiger charge is 2.71. The molecule has 4 aliphatic rings. The number of hydrogen-bond acceptors (Lipinski definition) is 4. The number of carboxylic acids is 1. The average molecular weight is 392 g/mol. The third-order valence-electron chi connectivity index (χ3n) is 8.67. The average Bonchev–Trinajstić information content (AvgIpc) is 2.86.